The molecule has 164 valence electrons. The van der Waals surface area contributed by atoms with Crippen molar-refractivity contribution in [2.75, 3.05) is 13.1 Å². The lowest BCUT2D eigenvalue weighted by molar-refractivity contribution is -0.127. The van der Waals surface area contributed by atoms with Crippen LogP contribution < -0.4 is 10.1 Å². The second kappa shape index (κ2) is 9.45. The Balaban J connectivity index is 1.43. The molecule has 2 aromatic rings. The number of carbonyl (C=O) groups is 2. The monoisotopic (exact) mass is 428 g/mol. The first-order valence-corrected chi connectivity index (χ1v) is 10.7. The number of ether oxygens (including phenoxy) is 1. The zero-order valence-corrected chi connectivity index (χ0v) is 17.2. The quantitative estimate of drug-likeness (QED) is 0.771. The zero-order chi connectivity index (χ0) is 21.8. The molecule has 4 rings (SSSR count). The highest BCUT2D eigenvalue weighted by molar-refractivity contribution is 5.97. The second-order valence-electron chi connectivity index (χ2n) is 8.12. The minimum atomic E-state index is -3.01. The fraction of sp³-hybridized carbons (Fsp3) is 0.417. The highest BCUT2D eigenvalue weighted by Gasteiger charge is 2.32. The molecule has 0 bridgehead atoms. The molecule has 1 aliphatic heterocycles. The van der Waals surface area contributed by atoms with Gasteiger partial charge in [0, 0.05) is 13.1 Å². The number of alkyl halides is 2. The lowest BCUT2D eigenvalue weighted by Gasteiger charge is -2.34. The number of para-hydroxylation sites is 1. The Bertz CT molecular complexity index is 950. The Labute approximate surface area is 180 Å². The summed E-state index contributed by atoms with van der Waals surface area (Å²) in [5, 5.41) is 3.18. The van der Waals surface area contributed by atoms with E-state index in [4.69, 9.17) is 0 Å². The highest BCUT2D eigenvalue weighted by atomic mass is 19.3. The van der Waals surface area contributed by atoms with E-state index in [1.165, 1.54) is 23.3 Å². The van der Waals surface area contributed by atoms with Gasteiger partial charge >= 0.3 is 6.61 Å². The summed E-state index contributed by atoms with van der Waals surface area (Å²) in [7, 11) is 0. The fourth-order valence-corrected chi connectivity index (χ4v) is 4.58. The van der Waals surface area contributed by atoms with E-state index in [-0.39, 0.29) is 35.7 Å². The van der Waals surface area contributed by atoms with Crippen molar-refractivity contribution >= 4 is 11.8 Å². The Morgan fingerprint density at radius 3 is 2.65 bits per heavy atom. The Kier molecular flexibility index (Phi) is 6.49. The molecule has 1 aliphatic carbocycles. The average Bonchev–Trinajstić information content (AvgIpc) is 2.79. The van der Waals surface area contributed by atoms with Gasteiger partial charge in [-0.25, -0.2) is 0 Å². The van der Waals surface area contributed by atoms with Crippen molar-refractivity contribution in [3.63, 3.8) is 0 Å². The first kappa shape index (κ1) is 21.3. The van der Waals surface area contributed by atoms with Gasteiger partial charge in [-0.2, -0.15) is 8.78 Å². The van der Waals surface area contributed by atoms with Gasteiger partial charge in [-0.15, -0.1) is 0 Å². The number of nitrogens with zero attached hydrogens (tertiary/aromatic N) is 1. The molecule has 2 atom stereocenters. The minimum Gasteiger partial charge on any atom is -0.434 e. The van der Waals surface area contributed by atoms with Crippen molar-refractivity contribution in [1.82, 2.24) is 10.2 Å². The summed E-state index contributed by atoms with van der Waals surface area (Å²) in [5.41, 5.74) is 2.53. The highest BCUT2D eigenvalue weighted by Crippen LogP contribution is 2.31. The summed E-state index contributed by atoms with van der Waals surface area (Å²) in [6, 6.07) is 14.2. The summed E-state index contributed by atoms with van der Waals surface area (Å²) in [5.74, 6) is -0.920. The summed E-state index contributed by atoms with van der Waals surface area (Å²) in [4.78, 5) is 27.6. The van der Waals surface area contributed by atoms with E-state index < -0.39 is 12.5 Å². The molecule has 0 radical (unpaired) electrons. The van der Waals surface area contributed by atoms with Crippen LogP contribution in [0.4, 0.5) is 8.78 Å². The molecule has 1 saturated heterocycles. The van der Waals surface area contributed by atoms with Gasteiger partial charge in [0.05, 0.1) is 17.5 Å². The predicted molar refractivity (Wildman–Crippen MR) is 112 cm³/mol. The Morgan fingerprint density at radius 2 is 1.81 bits per heavy atom. The maximum absolute atomic E-state index is 13.0. The number of rotatable bonds is 5. The van der Waals surface area contributed by atoms with Crippen molar-refractivity contribution in [2.24, 2.45) is 5.92 Å². The lowest BCUT2D eigenvalue weighted by atomic mass is 9.87. The Morgan fingerprint density at radius 1 is 1.03 bits per heavy atom. The van der Waals surface area contributed by atoms with Gasteiger partial charge in [0.2, 0.25) is 5.91 Å². The van der Waals surface area contributed by atoms with Crippen molar-refractivity contribution < 1.29 is 23.1 Å². The molecule has 2 unspecified atom stereocenters. The molecular formula is C24H26F2N2O3. The molecule has 0 saturated carbocycles. The van der Waals surface area contributed by atoms with Gasteiger partial charge in [0.1, 0.15) is 5.75 Å². The lowest BCUT2D eigenvalue weighted by Crippen LogP contribution is -2.46. The van der Waals surface area contributed by atoms with Crippen LogP contribution in [-0.2, 0) is 11.2 Å². The maximum Gasteiger partial charge on any atom is 0.387 e. The maximum atomic E-state index is 13.0. The third-order valence-electron chi connectivity index (χ3n) is 6.10. The number of halogens is 2. The molecule has 2 aliphatic rings. The van der Waals surface area contributed by atoms with Crippen molar-refractivity contribution in [2.45, 2.75) is 44.8 Å². The number of aryl methyl sites for hydroxylation is 1. The largest absolute Gasteiger partial charge is 0.434 e. The molecule has 1 heterocycles. The third kappa shape index (κ3) is 4.86. The van der Waals surface area contributed by atoms with Crippen LogP contribution >= 0.6 is 0 Å². The summed E-state index contributed by atoms with van der Waals surface area (Å²) in [6.07, 6.45) is 4.32. The zero-order valence-electron chi connectivity index (χ0n) is 17.2. The number of hydrogen-bond donors (Lipinski definition) is 1. The second-order valence-corrected chi connectivity index (χ2v) is 8.12. The smallest absolute Gasteiger partial charge is 0.387 e. The van der Waals surface area contributed by atoms with Gasteiger partial charge in [0.25, 0.3) is 5.91 Å². The molecule has 31 heavy (non-hydrogen) atoms. The van der Waals surface area contributed by atoms with E-state index in [0.717, 1.165) is 19.3 Å². The summed E-state index contributed by atoms with van der Waals surface area (Å²) < 4.78 is 29.9. The summed E-state index contributed by atoms with van der Waals surface area (Å²) in [6.45, 7) is -2.26. The van der Waals surface area contributed by atoms with Crippen molar-refractivity contribution in [3.8, 4) is 5.75 Å². The van der Waals surface area contributed by atoms with Crippen LogP contribution in [0.3, 0.4) is 0 Å². The average molecular weight is 428 g/mol. The first-order valence-electron chi connectivity index (χ1n) is 10.7. The number of carbonyl (C=O) groups excluding carboxylic acids is 2. The predicted octanol–water partition coefficient (Wildman–Crippen LogP) is 4.33. The van der Waals surface area contributed by atoms with E-state index in [2.05, 4.69) is 22.2 Å². The number of piperidine rings is 1. The number of amides is 2. The van der Waals surface area contributed by atoms with Crippen LogP contribution in [0, 0.1) is 5.92 Å². The van der Waals surface area contributed by atoms with Gasteiger partial charge < -0.3 is 15.0 Å². The van der Waals surface area contributed by atoms with Crippen LogP contribution in [-0.4, -0.2) is 36.4 Å². The van der Waals surface area contributed by atoms with E-state index in [0.29, 0.717) is 19.4 Å². The molecule has 5 nitrogen and oxygen atoms in total. The van der Waals surface area contributed by atoms with E-state index >= 15 is 0 Å². The van der Waals surface area contributed by atoms with E-state index in [1.807, 2.05) is 12.1 Å². The molecule has 1 fully saturated rings. The topological polar surface area (TPSA) is 58.6 Å². The molecule has 0 aromatic heterocycles. The molecule has 2 aromatic carbocycles. The normalized spacial score (nSPS) is 20.8. The molecule has 0 spiro atoms. The number of hydrogen-bond acceptors (Lipinski definition) is 3. The number of fused-ring (bicyclic) bond motifs is 1. The van der Waals surface area contributed by atoms with Crippen LogP contribution in [0.1, 0.15) is 53.2 Å². The van der Waals surface area contributed by atoms with Gasteiger partial charge in [-0.1, -0.05) is 36.4 Å². The number of likely N-dealkylation sites (tertiary alicyclic amines) is 1. The SMILES string of the molecule is O=C(NC1CCCc2ccccc21)C1CCCN(C(=O)c2ccccc2OC(F)F)C1. The number of nitrogens with one attached hydrogen (secondary N) is 1. The summed E-state index contributed by atoms with van der Waals surface area (Å²) >= 11 is 0. The number of benzene rings is 2. The first-order chi connectivity index (χ1) is 15.0. The standard InChI is InChI=1S/C24H26F2N2O3/c25-24(26)31-21-13-4-3-11-19(21)23(30)28-14-6-9-17(15-28)22(29)27-20-12-5-8-16-7-1-2-10-18(16)20/h1-4,7,10-11,13,17,20,24H,5-6,8-9,12,14-15H2,(H,27,29). The van der Waals surface area contributed by atoms with Crippen LogP contribution in [0.25, 0.3) is 0 Å². The van der Waals surface area contributed by atoms with Gasteiger partial charge in [-0.05, 0) is 55.4 Å². The molecule has 1 N–H and O–H groups in total. The Hall–Kier alpha value is -2.96. The van der Waals surface area contributed by atoms with Crippen LogP contribution in [0.15, 0.2) is 48.5 Å². The molecular weight excluding hydrogens is 402 g/mol. The van der Waals surface area contributed by atoms with E-state index in [9.17, 15) is 18.4 Å². The van der Waals surface area contributed by atoms with Crippen molar-refractivity contribution in [1.29, 1.82) is 0 Å². The van der Waals surface area contributed by atoms with Gasteiger partial charge in [0.15, 0.2) is 0 Å². The third-order valence-corrected chi connectivity index (χ3v) is 6.10. The van der Waals surface area contributed by atoms with Crippen LogP contribution in [0.2, 0.25) is 0 Å². The van der Waals surface area contributed by atoms with Crippen LogP contribution in [0.5, 0.6) is 5.75 Å². The molecule has 2 amide bonds. The minimum absolute atomic E-state index is 0.0105. The van der Waals surface area contributed by atoms with E-state index in [1.54, 1.807) is 17.0 Å². The van der Waals surface area contributed by atoms with Gasteiger partial charge in [-0.3, -0.25) is 9.59 Å². The van der Waals surface area contributed by atoms with Crippen molar-refractivity contribution in [3.05, 3.63) is 65.2 Å². The fourth-order valence-electron chi connectivity index (χ4n) is 4.58. The molecule has 7 heteroatoms.